The lowest BCUT2D eigenvalue weighted by Crippen LogP contribution is -2.58. The standard InChI is InChI=1S/C34H32ClF5N6O3/c35-21-4-2-16-10-19(47)11-20(25(16)30(21)49-34(38,39)40)28-27(37)29-26-23(42-28)6-7-24-22-5-3-18(41-22)14-46(24)31(26)44-32(43-29)48-15-33-8-1-9-45(33)13-17(36)12-33/h2,4,10-11,17-18,22,24,41,47H,1,3,5-9,12-15H2/t17-,18-,22+,24-,33+/m1/s1. The zero-order valence-electron chi connectivity index (χ0n) is 26.2. The molecule has 4 aromatic rings. The fraction of sp³-hybridized carbons (Fsp3) is 0.500. The maximum absolute atomic E-state index is 17.1. The van der Waals surface area contributed by atoms with Crippen LogP contribution in [-0.4, -0.2) is 87.4 Å². The number of halogens is 6. The van der Waals surface area contributed by atoms with E-state index in [9.17, 15) is 22.7 Å². The summed E-state index contributed by atoms with van der Waals surface area (Å²) in [4.78, 5) is 18.5. The van der Waals surface area contributed by atoms with Gasteiger partial charge in [0.2, 0.25) is 0 Å². The SMILES string of the molecule is Oc1cc(-c2nc3c4c(nc(OC[C@@]56CCCN5C[C@H](F)C6)nc4c2F)N2C[C@H]4CC[C@H](N4)[C@H]2CC3)c2c(OC(F)(F)F)c(Cl)ccc2c1. The number of rotatable bonds is 5. The number of aromatic hydroxyl groups is 1. The minimum Gasteiger partial charge on any atom is -0.508 e. The summed E-state index contributed by atoms with van der Waals surface area (Å²) < 4.78 is 83.2. The number of phenols is 1. The lowest BCUT2D eigenvalue weighted by atomic mass is 9.95. The third-order valence-corrected chi connectivity index (χ3v) is 11.3. The van der Waals surface area contributed by atoms with Gasteiger partial charge in [0.15, 0.2) is 11.6 Å². The summed E-state index contributed by atoms with van der Waals surface area (Å²) in [6.07, 6.45) is -0.987. The van der Waals surface area contributed by atoms with Crippen molar-refractivity contribution in [3.05, 3.63) is 40.8 Å². The molecule has 0 saturated carbocycles. The highest BCUT2D eigenvalue weighted by Crippen LogP contribution is 2.47. The Hall–Kier alpha value is -3.75. The molecule has 2 bridgehead atoms. The van der Waals surface area contributed by atoms with Crippen LogP contribution in [0.4, 0.5) is 27.8 Å². The average molecular weight is 703 g/mol. The number of aromatic nitrogens is 3. The van der Waals surface area contributed by atoms with E-state index in [0.29, 0.717) is 49.2 Å². The zero-order valence-corrected chi connectivity index (χ0v) is 26.9. The summed E-state index contributed by atoms with van der Waals surface area (Å²) in [6, 6.07) is 5.42. The second kappa shape index (κ2) is 11.1. The topological polar surface area (TPSA) is 95.9 Å². The monoisotopic (exact) mass is 702 g/mol. The van der Waals surface area contributed by atoms with Gasteiger partial charge in [0.1, 0.15) is 35.6 Å². The number of nitrogens with zero attached hydrogens (tertiary/aromatic N) is 5. The van der Waals surface area contributed by atoms with Crippen molar-refractivity contribution >= 4 is 39.1 Å². The molecule has 0 unspecified atom stereocenters. The molecule has 49 heavy (non-hydrogen) atoms. The molecule has 7 heterocycles. The van der Waals surface area contributed by atoms with Crippen molar-refractivity contribution in [2.75, 3.05) is 31.1 Å². The van der Waals surface area contributed by atoms with Crippen LogP contribution in [0.5, 0.6) is 17.5 Å². The van der Waals surface area contributed by atoms with Gasteiger partial charge in [-0.15, -0.1) is 13.2 Å². The molecular weight excluding hydrogens is 671 g/mol. The highest BCUT2D eigenvalue weighted by molar-refractivity contribution is 6.33. The van der Waals surface area contributed by atoms with E-state index in [-0.39, 0.29) is 69.1 Å². The molecule has 9 rings (SSSR count). The molecule has 4 saturated heterocycles. The van der Waals surface area contributed by atoms with E-state index in [1.54, 1.807) is 0 Å². The van der Waals surface area contributed by atoms with Crippen LogP contribution in [-0.2, 0) is 6.42 Å². The summed E-state index contributed by atoms with van der Waals surface area (Å²) >= 11 is 6.23. The number of phenolic OH excluding ortho intramolecular Hbond substituents is 1. The van der Waals surface area contributed by atoms with E-state index >= 15 is 4.39 Å². The predicted octanol–water partition coefficient (Wildman–Crippen LogP) is 6.45. The molecule has 2 aromatic carbocycles. The van der Waals surface area contributed by atoms with Crippen molar-refractivity contribution in [1.29, 1.82) is 0 Å². The quantitative estimate of drug-likeness (QED) is 0.228. The second-order valence-corrected chi connectivity index (χ2v) is 14.4. The van der Waals surface area contributed by atoms with E-state index in [4.69, 9.17) is 26.3 Å². The molecule has 258 valence electrons. The Morgan fingerprint density at radius 3 is 2.78 bits per heavy atom. The van der Waals surface area contributed by atoms with Crippen LogP contribution < -0.4 is 19.7 Å². The minimum absolute atomic E-state index is 0.0312. The number of pyridine rings is 1. The first-order valence-electron chi connectivity index (χ1n) is 16.6. The lowest BCUT2D eigenvalue weighted by Gasteiger charge is -2.41. The molecule has 5 atom stereocenters. The summed E-state index contributed by atoms with van der Waals surface area (Å²) in [5.41, 5.74) is -0.572. The van der Waals surface area contributed by atoms with Crippen molar-refractivity contribution < 1.29 is 36.5 Å². The predicted molar refractivity (Wildman–Crippen MR) is 172 cm³/mol. The van der Waals surface area contributed by atoms with Crippen LogP contribution in [0.3, 0.4) is 0 Å². The zero-order chi connectivity index (χ0) is 33.8. The van der Waals surface area contributed by atoms with E-state index in [2.05, 4.69) is 24.8 Å². The maximum Gasteiger partial charge on any atom is 0.573 e. The summed E-state index contributed by atoms with van der Waals surface area (Å²) in [5, 5.41) is 14.4. The van der Waals surface area contributed by atoms with Gasteiger partial charge in [-0.05, 0) is 68.7 Å². The Labute approximate surface area is 282 Å². The molecule has 0 radical (unpaired) electrons. The Balaban J connectivity index is 1.24. The fourth-order valence-electron chi connectivity index (χ4n) is 9.05. The van der Waals surface area contributed by atoms with Crippen molar-refractivity contribution in [1.82, 2.24) is 25.2 Å². The first kappa shape index (κ1) is 31.2. The molecule has 15 heteroatoms. The third kappa shape index (κ3) is 5.12. The van der Waals surface area contributed by atoms with Crippen molar-refractivity contribution in [2.24, 2.45) is 0 Å². The van der Waals surface area contributed by atoms with E-state index in [1.165, 1.54) is 18.2 Å². The molecule has 2 aromatic heterocycles. The second-order valence-electron chi connectivity index (χ2n) is 14.0. The molecule has 5 aliphatic heterocycles. The van der Waals surface area contributed by atoms with Gasteiger partial charge >= 0.3 is 12.4 Å². The Morgan fingerprint density at radius 1 is 1.08 bits per heavy atom. The Kier molecular flexibility index (Phi) is 7.10. The van der Waals surface area contributed by atoms with Gasteiger partial charge in [0, 0.05) is 48.6 Å². The molecule has 0 spiro atoms. The van der Waals surface area contributed by atoms with Crippen LogP contribution in [0.2, 0.25) is 5.02 Å². The van der Waals surface area contributed by atoms with Crippen LogP contribution in [0.25, 0.3) is 32.9 Å². The first-order chi connectivity index (χ1) is 23.5. The third-order valence-electron chi connectivity index (χ3n) is 11.0. The molecule has 5 aliphatic rings. The average Bonchev–Trinajstić information content (AvgIpc) is 3.68. The van der Waals surface area contributed by atoms with Gasteiger partial charge in [-0.2, -0.15) is 9.97 Å². The van der Waals surface area contributed by atoms with Gasteiger partial charge < -0.3 is 24.8 Å². The van der Waals surface area contributed by atoms with Crippen molar-refractivity contribution in [2.45, 2.75) is 81.1 Å². The normalized spacial score (nSPS) is 27.8. The van der Waals surface area contributed by atoms with Crippen LogP contribution in [0.15, 0.2) is 24.3 Å². The van der Waals surface area contributed by atoms with Gasteiger partial charge in [-0.25, -0.2) is 13.8 Å². The number of anilines is 1. The van der Waals surface area contributed by atoms with E-state index < -0.39 is 29.6 Å². The highest BCUT2D eigenvalue weighted by Gasteiger charge is 2.50. The smallest absolute Gasteiger partial charge is 0.508 e. The van der Waals surface area contributed by atoms with Gasteiger partial charge in [0.25, 0.3) is 0 Å². The Morgan fingerprint density at radius 2 is 1.94 bits per heavy atom. The fourth-order valence-corrected chi connectivity index (χ4v) is 9.25. The first-order valence-corrected chi connectivity index (χ1v) is 17.0. The largest absolute Gasteiger partial charge is 0.573 e. The number of ether oxygens (including phenoxy) is 2. The van der Waals surface area contributed by atoms with Crippen molar-refractivity contribution in [3.63, 3.8) is 0 Å². The molecule has 9 nitrogen and oxygen atoms in total. The lowest BCUT2D eigenvalue weighted by molar-refractivity contribution is -0.274. The number of hydrogen-bond donors (Lipinski definition) is 2. The minimum atomic E-state index is -5.10. The summed E-state index contributed by atoms with van der Waals surface area (Å²) in [7, 11) is 0. The van der Waals surface area contributed by atoms with Gasteiger partial charge in [0.05, 0.1) is 21.6 Å². The molecule has 4 fully saturated rings. The van der Waals surface area contributed by atoms with Crippen LogP contribution >= 0.6 is 11.6 Å². The number of aryl methyl sites for hydroxylation is 1. The van der Waals surface area contributed by atoms with Gasteiger partial charge in [-0.3, -0.25) is 4.90 Å². The number of piperazine rings is 1. The maximum atomic E-state index is 17.1. The van der Waals surface area contributed by atoms with Crippen LogP contribution in [0, 0.1) is 5.82 Å². The van der Waals surface area contributed by atoms with Crippen molar-refractivity contribution in [3.8, 4) is 28.8 Å². The molecular formula is C34H32ClF5N6O3. The number of fused-ring (bicyclic) bond motifs is 7. The molecule has 2 N–H and O–H groups in total. The highest BCUT2D eigenvalue weighted by atomic mass is 35.5. The Bertz CT molecular complexity index is 2020. The van der Waals surface area contributed by atoms with E-state index in [1.807, 2.05) is 0 Å². The van der Waals surface area contributed by atoms with Crippen LogP contribution in [0.1, 0.15) is 44.2 Å². The summed E-state index contributed by atoms with van der Waals surface area (Å²) in [6.45, 7) is 1.89. The number of nitrogens with one attached hydrogen (secondary N) is 1. The van der Waals surface area contributed by atoms with Gasteiger partial charge in [-0.1, -0.05) is 17.7 Å². The summed E-state index contributed by atoms with van der Waals surface area (Å²) in [5.74, 6) is -1.47. The number of benzene rings is 2. The number of hydrogen-bond acceptors (Lipinski definition) is 9. The van der Waals surface area contributed by atoms with E-state index in [0.717, 1.165) is 38.3 Å². The number of alkyl halides is 4. The molecule has 0 amide bonds. The molecule has 0 aliphatic carbocycles.